The van der Waals surface area contributed by atoms with Gasteiger partial charge in [0.2, 0.25) is 0 Å². The van der Waals surface area contributed by atoms with Crippen LogP contribution in [0.5, 0.6) is 0 Å². The summed E-state index contributed by atoms with van der Waals surface area (Å²) in [6, 6.07) is 0. The SMILES string of the molecule is O=S(=O)(F)Cc1cnc(Cl)cn1. The van der Waals surface area contributed by atoms with Gasteiger partial charge in [0.25, 0.3) is 0 Å². The second kappa shape index (κ2) is 3.32. The predicted octanol–water partition coefficient (Wildman–Crippen LogP) is 0.929. The first-order chi connectivity index (χ1) is 5.47. The largest absolute Gasteiger partial charge is 0.308 e. The van der Waals surface area contributed by atoms with Crippen molar-refractivity contribution < 1.29 is 12.3 Å². The fraction of sp³-hybridized carbons (Fsp3) is 0.200. The van der Waals surface area contributed by atoms with E-state index in [9.17, 15) is 12.3 Å². The van der Waals surface area contributed by atoms with E-state index in [1.165, 1.54) is 0 Å². The zero-order valence-electron chi connectivity index (χ0n) is 5.74. The van der Waals surface area contributed by atoms with Gasteiger partial charge in [0.1, 0.15) is 10.9 Å². The molecular formula is C5H4ClFN2O2S. The van der Waals surface area contributed by atoms with E-state index in [0.717, 1.165) is 12.4 Å². The first-order valence-electron chi connectivity index (χ1n) is 2.86. The van der Waals surface area contributed by atoms with Crippen LogP contribution in [0.15, 0.2) is 12.4 Å². The highest BCUT2D eigenvalue weighted by Crippen LogP contribution is 2.05. The molecular weight excluding hydrogens is 207 g/mol. The summed E-state index contributed by atoms with van der Waals surface area (Å²) in [6.45, 7) is 0. The molecule has 1 aromatic rings. The number of nitrogens with zero attached hydrogens (tertiary/aromatic N) is 2. The molecule has 1 aromatic heterocycles. The first kappa shape index (κ1) is 9.34. The van der Waals surface area contributed by atoms with Crippen molar-refractivity contribution in [1.29, 1.82) is 0 Å². The summed E-state index contributed by atoms with van der Waals surface area (Å²) in [7, 11) is -4.54. The highest BCUT2D eigenvalue weighted by molar-refractivity contribution is 7.85. The van der Waals surface area contributed by atoms with Gasteiger partial charge in [0.15, 0.2) is 0 Å². The Bertz CT molecular complexity index is 364. The van der Waals surface area contributed by atoms with Crippen molar-refractivity contribution in [2.24, 2.45) is 0 Å². The van der Waals surface area contributed by atoms with Gasteiger partial charge < -0.3 is 0 Å². The van der Waals surface area contributed by atoms with Crippen molar-refractivity contribution in [1.82, 2.24) is 9.97 Å². The molecule has 7 heteroatoms. The summed E-state index contributed by atoms with van der Waals surface area (Å²) in [6.07, 6.45) is 2.27. The summed E-state index contributed by atoms with van der Waals surface area (Å²) >= 11 is 5.37. The second-order valence-corrected chi connectivity index (χ2v) is 3.77. The average Bonchev–Trinajstić information content (AvgIpc) is 1.91. The van der Waals surface area contributed by atoms with E-state index in [0.29, 0.717) is 0 Å². The summed E-state index contributed by atoms with van der Waals surface area (Å²) in [5.41, 5.74) is 0.0295. The Hall–Kier alpha value is -0.750. The molecule has 0 N–H and O–H groups in total. The van der Waals surface area contributed by atoms with Gasteiger partial charge in [-0.1, -0.05) is 11.6 Å². The Morgan fingerprint density at radius 3 is 2.50 bits per heavy atom. The van der Waals surface area contributed by atoms with Gasteiger partial charge in [0, 0.05) is 0 Å². The molecule has 0 fully saturated rings. The Morgan fingerprint density at radius 1 is 1.42 bits per heavy atom. The number of halogens is 2. The lowest BCUT2D eigenvalue weighted by atomic mass is 10.5. The molecule has 0 aliphatic rings. The lowest BCUT2D eigenvalue weighted by molar-refractivity contribution is 0.550. The van der Waals surface area contributed by atoms with Crippen LogP contribution in [0.4, 0.5) is 3.89 Å². The van der Waals surface area contributed by atoms with Crippen molar-refractivity contribution in [2.75, 3.05) is 0 Å². The number of hydrogen-bond acceptors (Lipinski definition) is 4. The Labute approximate surface area is 73.6 Å². The molecule has 0 amide bonds. The minimum atomic E-state index is -4.54. The molecule has 0 saturated heterocycles. The van der Waals surface area contributed by atoms with Crippen LogP contribution >= 0.6 is 11.6 Å². The Balaban J connectivity index is 2.85. The van der Waals surface area contributed by atoms with Gasteiger partial charge in [-0.2, -0.15) is 8.42 Å². The minimum Gasteiger partial charge on any atom is -0.255 e. The van der Waals surface area contributed by atoms with Crippen molar-refractivity contribution >= 4 is 21.8 Å². The van der Waals surface area contributed by atoms with Crippen LogP contribution in [0, 0.1) is 0 Å². The van der Waals surface area contributed by atoms with E-state index < -0.39 is 16.0 Å². The van der Waals surface area contributed by atoms with E-state index in [2.05, 4.69) is 9.97 Å². The van der Waals surface area contributed by atoms with Gasteiger partial charge >= 0.3 is 10.2 Å². The monoisotopic (exact) mass is 210 g/mol. The zero-order chi connectivity index (χ0) is 9.19. The maximum absolute atomic E-state index is 12.0. The molecule has 0 aromatic carbocycles. The van der Waals surface area contributed by atoms with Crippen molar-refractivity contribution in [3.8, 4) is 0 Å². The fourth-order valence-corrected chi connectivity index (χ4v) is 1.19. The third-order valence-corrected chi connectivity index (χ3v) is 1.83. The maximum atomic E-state index is 12.0. The number of rotatable bonds is 2. The third-order valence-electron chi connectivity index (χ3n) is 0.994. The van der Waals surface area contributed by atoms with E-state index in [4.69, 9.17) is 11.6 Å². The highest BCUT2D eigenvalue weighted by atomic mass is 35.5. The lowest BCUT2D eigenvalue weighted by Crippen LogP contribution is -1.99. The van der Waals surface area contributed by atoms with Gasteiger partial charge in [-0.15, -0.1) is 3.89 Å². The van der Waals surface area contributed by atoms with Gasteiger partial charge in [-0.3, -0.25) is 4.98 Å². The smallest absolute Gasteiger partial charge is 0.255 e. The van der Waals surface area contributed by atoms with Gasteiger partial charge in [0.05, 0.1) is 18.1 Å². The first-order valence-corrected chi connectivity index (χ1v) is 4.79. The molecule has 0 atom stereocenters. The van der Waals surface area contributed by atoms with E-state index in [-0.39, 0.29) is 10.8 Å². The average molecular weight is 211 g/mol. The van der Waals surface area contributed by atoms with Crippen molar-refractivity contribution in [3.05, 3.63) is 23.2 Å². The van der Waals surface area contributed by atoms with Crippen LogP contribution in [-0.4, -0.2) is 18.4 Å². The quantitative estimate of drug-likeness (QED) is 0.682. The lowest BCUT2D eigenvalue weighted by Gasteiger charge is -1.94. The number of aromatic nitrogens is 2. The standard InChI is InChI=1S/C5H4ClFN2O2S/c6-5-2-8-4(1-9-5)3-12(7,10)11/h1-2H,3H2. The van der Waals surface area contributed by atoms with E-state index in [1.54, 1.807) is 0 Å². The molecule has 0 unspecified atom stereocenters. The summed E-state index contributed by atoms with van der Waals surface area (Å²) < 4.78 is 32.3. The van der Waals surface area contributed by atoms with Crippen LogP contribution in [0.1, 0.15) is 5.69 Å². The van der Waals surface area contributed by atoms with Crippen LogP contribution < -0.4 is 0 Å². The van der Waals surface area contributed by atoms with Crippen LogP contribution in [-0.2, 0) is 16.0 Å². The van der Waals surface area contributed by atoms with Crippen LogP contribution in [0.2, 0.25) is 5.15 Å². The normalized spacial score (nSPS) is 11.5. The molecule has 1 rings (SSSR count). The molecule has 0 bridgehead atoms. The minimum absolute atomic E-state index is 0.0295. The maximum Gasteiger partial charge on any atom is 0.308 e. The molecule has 0 aliphatic heterocycles. The molecule has 0 spiro atoms. The molecule has 12 heavy (non-hydrogen) atoms. The molecule has 4 nitrogen and oxygen atoms in total. The van der Waals surface area contributed by atoms with Crippen LogP contribution in [0.25, 0.3) is 0 Å². The van der Waals surface area contributed by atoms with E-state index >= 15 is 0 Å². The van der Waals surface area contributed by atoms with Gasteiger partial charge in [-0.05, 0) is 0 Å². The highest BCUT2D eigenvalue weighted by Gasteiger charge is 2.09. The molecule has 0 saturated carbocycles. The third kappa shape index (κ3) is 3.10. The van der Waals surface area contributed by atoms with Crippen molar-refractivity contribution in [2.45, 2.75) is 5.75 Å². The molecule has 0 radical (unpaired) electrons. The zero-order valence-corrected chi connectivity index (χ0v) is 7.31. The Morgan fingerprint density at radius 2 is 2.08 bits per heavy atom. The fourth-order valence-electron chi connectivity index (χ4n) is 0.590. The second-order valence-electron chi connectivity index (χ2n) is 2.01. The summed E-state index contributed by atoms with van der Waals surface area (Å²) in [5.74, 6) is -0.767. The topological polar surface area (TPSA) is 59.9 Å². The summed E-state index contributed by atoms with van der Waals surface area (Å²) in [4.78, 5) is 7.09. The summed E-state index contributed by atoms with van der Waals surface area (Å²) in [5, 5.41) is 0.134. The molecule has 66 valence electrons. The molecule has 0 aliphatic carbocycles. The number of hydrogen-bond donors (Lipinski definition) is 0. The predicted molar refractivity (Wildman–Crippen MR) is 40.8 cm³/mol. The van der Waals surface area contributed by atoms with Gasteiger partial charge in [-0.25, -0.2) is 4.98 Å². The van der Waals surface area contributed by atoms with Crippen molar-refractivity contribution in [3.63, 3.8) is 0 Å². The van der Waals surface area contributed by atoms with E-state index in [1.807, 2.05) is 0 Å². The van der Waals surface area contributed by atoms with Crippen LogP contribution in [0.3, 0.4) is 0 Å². The Kier molecular flexibility index (Phi) is 2.58. The molecule has 1 heterocycles.